The van der Waals surface area contributed by atoms with Crippen molar-refractivity contribution in [1.82, 2.24) is 25.1 Å². The van der Waals surface area contributed by atoms with E-state index < -0.39 is 73.6 Å². The SMILES string of the molecule is NC(=O)c1c(CF)noc1[C@H](c1cn2nc(CC3C[C@@H](C(F)(F)F)CNC3=O)ccc2n1)C1CCC(F)(F)CC1. The molecule has 1 aliphatic carbocycles. The van der Waals surface area contributed by atoms with Gasteiger partial charge >= 0.3 is 6.18 Å². The summed E-state index contributed by atoms with van der Waals surface area (Å²) in [5, 5.41) is 10.3. The van der Waals surface area contributed by atoms with Crippen molar-refractivity contribution in [3.05, 3.63) is 46.7 Å². The molecule has 40 heavy (non-hydrogen) atoms. The van der Waals surface area contributed by atoms with Gasteiger partial charge in [-0.2, -0.15) is 18.3 Å². The van der Waals surface area contributed by atoms with Crippen LogP contribution >= 0.6 is 0 Å². The number of hydrogen-bond donors (Lipinski definition) is 2. The van der Waals surface area contributed by atoms with E-state index in [-0.39, 0.29) is 48.4 Å². The van der Waals surface area contributed by atoms with E-state index in [1.165, 1.54) is 16.8 Å². The number of nitrogens with one attached hydrogen (secondary N) is 1. The van der Waals surface area contributed by atoms with E-state index >= 15 is 0 Å². The first-order chi connectivity index (χ1) is 18.9. The van der Waals surface area contributed by atoms with E-state index in [9.17, 15) is 35.9 Å². The number of amides is 2. The van der Waals surface area contributed by atoms with E-state index in [1.807, 2.05) is 0 Å². The number of piperidine rings is 1. The smallest absolute Gasteiger partial charge is 0.365 e. The van der Waals surface area contributed by atoms with Gasteiger partial charge in [0.1, 0.15) is 17.9 Å². The summed E-state index contributed by atoms with van der Waals surface area (Å²) in [6.45, 7) is -1.60. The molecule has 3 aromatic heterocycles. The van der Waals surface area contributed by atoms with Crippen LogP contribution in [0.15, 0.2) is 22.9 Å². The van der Waals surface area contributed by atoms with Gasteiger partial charge in [-0.15, -0.1) is 0 Å². The molecule has 2 amide bonds. The Morgan fingerprint density at radius 1 is 1.25 bits per heavy atom. The Bertz CT molecular complexity index is 1410. The normalized spacial score (nSPS) is 22.8. The third kappa shape index (κ3) is 5.50. The van der Waals surface area contributed by atoms with E-state index in [4.69, 9.17) is 10.3 Å². The molecule has 1 unspecified atom stereocenters. The minimum Gasteiger partial charge on any atom is -0.365 e. The van der Waals surface area contributed by atoms with Gasteiger partial charge in [-0.1, -0.05) is 5.16 Å². The summed E-state index contributed by atoms with van der Waals surface area (Å²) in [4.78, 5) is 29.0. The van der Waals surface area contributed by atoms with E-state index in [0.717, 1.165) is 0 Å². The molecule has 1 saturated heterocycles. The highest BCUT2D eigenvalue weighted by molar-refractivity contribution is 5.95. The minimum atomic E-state index is -4.44. The zero-order chi connectivity index (χ0) is 28.8. The summed E-state index contributed by atoms with van der Waals surface area (Å²) >= 11 is 0. The first kappa shape index (κ1) is 27.9. The standard InChI is InChI=1S/C25H26F6N6O3/c26-9-16-20(22(32)38)21(40-36-16)19(12-3-5-24(27,28)6-4-12)17-11-37-18(34-17)2-1-15(35-37)8-13-7-14(25(29,30)31)10-33-23(13)39/h1-2,11-14,19H,3-10H2,(H2,32,38)(H,33,39)/t13?,14-,19+/m1/s1. The third-order valence-electron chi connectivity index (χ3n) is 7.77. The van der Waals surface area contributed by atoms with E-state index in [1.54, 1.807) is 6.07 Å². The van der Waals surface area contributed by atoms with Gasteiger partial charge in [0.05, 0.1) is 29.4 Å². The number of alkyl halides is 6. The Hall–Kier alpha value is -3.65. The maximum atomic E-state index is 14.0. The van der Waals surface area contributed by atoms with Crippen molar-refractivity contribution in [3.63, 3.8) is 0 Å². The topological polar surface area (TPSA) is 128 Å². The Balaban J connectivity index is 1.48. The Labute approximate surface area is 223 Å². The van der Waals surface area contributed by atoms with Crippen molar-refractivity contribution in [1.29, 1.82) is 0 Å². The van der Waals surface area contributed by atoms with Gasteiger partial charge in [-0.25, -0.2) is 22.7 Å². The average molecular weight is 573 g/mol. The van der Waals surface area contributed by atoms with Gasteiger partial charge in [0, 0.05) is 31.7 Å². The van der Waals surface area contributed by atoms with Gasteiger partial charge in [-0.05, 0) is 37.3 Å². The molecule has 2 aliphatic rings. The predicted molar refractivity (Wildman–Crippen MR) is 126 cm³/mol. The zero-order valence-electron chi connectivity index (χ0n) is 21.1. The highest BCUT2D eigenvalue weighted by atomic mass is 19.4. The van der Waals surface area contributed by atoms with E-state index in [0.29, 0.717) is 11.3 Å². The number of halogens is 6. The largest absolute Gasteiger partial charge is 0.393 e. The highest BCUT2D eigenvalue weighted by Gasteiger charge is 2.45. The Morgan fingerprint density at radius 2 is 1.98 bits per heavy atom. The molecule has 216 valence electrons. The Kier molecular flexibility index (Phi) is 7.25. The molecule has 4 heterocycles. The second kappa shape index (κ2) is 10.4. The van der Waals surface area contributed by atoms with Gasteiger partial charge in [0.25, 0.3) is 5.91 Å². The van der Waals surface area contributed by atoms with Gasteiger partial charge in [-0.3, -0.25) is 9.59 Å². The van der Waals surface area contributed by atoms with Gasteiger partial charge in [0.15, 0.2) is 11.4 Å². The molecule has 0 radical (unpaired) electrons. The average Bonchev–Trinajstić information content (AvgIpc) is 3.50. The van der Waals surface area contributed by atoms with Crippen molar-refractivity contribution >= 4 is 17.5 Å². The first-order valence-corrected chi connectivity index (χ1v) is 12.8. The van der Waals surface area contributed by atoms with Gasteiger partial charge < -0.3 is 15.6 Å². The lowest BCUT2D eigenvalue weighted by Gasteiger charge is -2.32. The van der Waals surface area contributed by atoms with Crippen LogP contribution in [0.4, 0.5) is 26.3 Å². The fraction of sp³-hybridized carbons (Fsp3) is 0.560. The number of imidazole rings is 1. The maximum absolute atomic E-state index is 14.0. The highest BCUT2D eigenvalue weighted by Crippen LogP contribution is 2.46. The number of carbonyl (C=O) groups is 2. The number of fused-ring (bicyclic) bond motifs is 1. The quantitative estimate of drug-likeness (QED) is 0.411. The van der Waals surface area contributed by atoms with Crippen molar-refractivity contribution in [2.75, 3.05) is 6.54 Å². The molecule has 0 spiro atoms. The summed E-state index contributed by atoms with van der Waals surface area (Å²) < 4.78 is 87.8. The third-order valence-corrected chi connectivity index (χ3v) is 7.77. The molecule has 0 aromatic carbocycles. The van der Waals surface area contributed by atoms with E-state index in [2.05, 4.69) is 20.6 Å². The van der Waals surface area contributed by atoms with Crippen LogP contribution in [0.25, 0.3) is 5.65 Å². The lowest BCUT2D eigenvalue weighted by molar-refractivity contribution is -0.183. The molecule has 1 aliphatic heterocycles. The fourth-order valence-corrected chi connectivity index (χ4v) is 5.67. The Morgan fingerprint density at radius 3 is 2.62 bits per heavy atom. The van der Waals surface area contributed by atoms with Crippen LogP contribution in [-0.4, -0.2) is 50.2 Å². The zero-order valence-corrected chi connectivity index (χ0v) is 21.1. The van der Waals surface area contributed by atoms with Crippen molar-refractivity contribution in [2.24, 2.45) is 23.5 Å². The molecule has 3 atom stereocenters. The van der Waals surface area contributed by atoms with Crippen LogP contribution in [0, 0.1) is 17.8 Å². The number of primary amides is 1. The molecule has 3 aromatic rings. The molecule has 1 saturated carbocycles. The van der Waals surface area contributed by atoms with Crippen LogP contribution < -0.4 is 11.1 Å². The van der Waals surface area contributed by atoms with Crippen LogP contribution in [0.1, 0.15) is 71.2 Å². The second-order valence-corrected chi connectivity index (χ2v) is 10.5. The summed E-state index contributed by atoms with van der Waals surface area (Å²) in [6.07, 6.45) is -4.04. The van der Waals surface area contributed by atoms with Crippen LogP contribution in [-0.2, 0) is 17.9 Å². The molecule has 9 nitrogen and oxygen atoms in total. The number of rotatable bonds is 7. The lowest BCUT2D eigenvalue weighted by Crippen LogP contribution is -2.47. The molecule has 0 bridgehead atoms. The number of carbonyl (C=O) groups excluding carboxylic acids is 2. The minimum absolute atomic E-state index is 0.0449. The summed E-state index contributed by atoms with van der Waals surface area (Å²) in [6, 6.07) is 3.10. The van der Waals surface area contributed by atoms with Crippen LogP contribution in [0.5, 0.6) is 0 Å². The molecule has 3 N–H and O–H groups in total. The fourth-order valence-electron chi connectivity index (χ4n) is 5.67. The summed E-state index contributed by atoms with van der Waals surface area (Å²) in [5.41, 5.74) is 5.86. The molecule has 5 rings (SSSR count). The number of nitrogens with zero attached hydrogens (tertiary/aromatic N) is 4. The predicted octanol–water partition coefficient (Wildman–Crippen LogP) is 4.10. The van der Waals surface area contributed by atoms with Crippen LogP contribution in [0.2, 0.25) is 0 Å². The maximum Gasteiger partial charge on any atom is 0.393 e. The van der Waals surface area contributed by atoms with Crippen molar-refractivity contribution in [3.8, 4) is 0 Å². The van der Waals surface area contributed by atoms with Gasteiger partial charge in [0.2, 0.25) is 11.8 Å². The lowest BCUT2D eigenvalue weighted by atomic mass is 9.75. The monoisotopic (exact) mass is 572 g/mol. The van der Waals surface area contributed by atoms with Crippen LogP contribution in [0.3, 0.4) is 0 Å². The molecule has 15 heteroatoms. The second-order valence-electron chi connectivity index (χ2n) is 10.5. The first-order valence-electron chi connectivity index (χ1n) is 12.8. The molecule has 2 fully saturated rings. The number of hydrogen-bond acceptors (Lipinski definition) is 6. The number of nitrogens with two attached hydrogens (primary N) is 1. The molecular formula is C25H26F6N6O3. The summed E-state index contributed by atoms with van der Waals surface area (Å²) in [7, 11) is 0. The summed E-state index contributed by atoms with van der Waals surface area (Å²) in [5.74, 6) is -8.31. The van der Waals surface area contributed by atoms with Crippen molar-refractivity contribution in [2.45, 2.75) is 63.2 Å². The number of aromatic nitrogens is 4. The van der Waals surface area contributed by atoms with Crippen molar-refractivity contribution < 1.29 is 40.5 Å². The molecular weight excluding hydrogens is 546 g/mol.